The van der Waals surface area contributed by atoms with Gasteiger partial charge in [-0.15, -0.1) is 0 Å². The zero-order chi connectivity index (χ0) is 22.2. The number of nitrogens with two attached hydrogens (primary N) is 2. The van der Waals surface area contributed by atoms with Crippen molar-refractivity contribution in [3.05, 3.63) is 18.0 Å². The maximum Gasteiger partial charge on any atom is 0.404 e. The molecule has 1 saturated carbocycles. The van der Waals surface area contributed by atoms with Crippen LogP contribution in [-0.4, -0.2) is 71.0 Å². The number of aromatic nitrogens is 4. The van der Waals surface area contributed by atoms with E-state index in [1.54, 1.807) is 12.4 Å². The molecule has 32 heavy (non-hydrogen) atoms. The maximum absolute atomic E-state index is 10.9. The molecule has 0 bridgehead atoms. The quantitative estimate of drug-likeness (QED) is 0.690. The molecule has 1 amide bonds. The van der Waals surface area contributed by atoms with Crippen LogP contribution in [0.15, 0.2) is 12.4 Å². The van der Waals surface area contributed by atoms with Crippen molar-refractivity contribution < 1.29 is 14.3 Å². The summed E-state index contributed by atoms with van der Waals surface area (Å²) in [6, 6.07) is 0.546. The van der Waals surface area contributed by atoms with E-state index in [0.29, 0.717) is 37.7 Å². The van der Waals surface area contributed by atoms with Crippen LogP contribution in [0.3, 0.4) is 0 Å². The van der Waals surface area contributed by atoms with E-state index in [1.807, 2.05) is 0 Å². The molecule has 2 aromatic heterocycles. The van der Waals surface area contributed by atoms with Crippen LogP contribution in [0.25, 0.3) is 11.3 Å². The van der Waals surface area contributed by atoms with E-state index in [2.05, 4.69) is 26.7 Å². The van der Waals surface area contributed by atoms with Crippen LogP contribution in [0.5, 0.6) is 0 Å². The summed E-state index contributed by atoms with van der Waals surface area (Å²) in [6.07, 6.45) is 5.47. The van der Waals surface area contributed by atoms with Gasteiger partial charge in [-0.3, -0.25) is 0 Å². The Hall–Kier alpha value is -3.21. The lowest BCUT2D eigenvalue weighted by atomic mass is 9.80. The van der Waals surface area contributed by atoms with Crippen molar-refractivity contribution >= 4 is 23.8 Å². The van der Waals surface area contributed by atoms with Gasteiger partial charge in [0.2, 0.25) is 11.9 Å². The Bertz CT molecular complexity index is 995. The van der Waals surface area contributed by atoms with Gasteiger partial charge in [-0.25, -0.2) is 19.7 Å². The molecule has 5 rings (SSSR count). The van der Waals surface area contributed by atoms with Crippen LogP contribution in [-0.2, 0) is 15.9 Å². The largest absolute Gasteiger partial charge is 0.449 e. The van der Waals surface area contributed by atoms with Crippen molar-refractivity contribution in [1.29, 1.82) is 0 Å². The summed E-state index contributed by atoms with van der Waals surface area (Å²) in [6.45, 7) is 5.42. The number of carbonyl (C=O) groups excluding carboxylic acids is 1. The van der Waals surface area contributed by atoms with Crippen LogP contribution in [0.2, 0.25) is 0 Å². The molecule has 170 valence electrons. The van der Waals surface area contributed by atoms with Gasteiger partial charge in [0, 0.05) is 42.7 Å². The van der Waals surface area contributed by atoms with Crippen LogP contribution >= 0.6 is 0 Å². The summed E-state index contributed by atoms with van der Waals surface area (Å²) in [4.78, 5) is 33.8. The first-order chi connectivity index (χ1) is 15.5. The number of hydrogen-bond donors (Lipinski definition) is 2. The predicted molar refractivity (Wildman–Crippen MR) is 118 cm³/mol. The second kappa shape index (κ2) is 8.38. The van der Waals surface area contributed by atoms with Crippen molar-refractivity contribution in [2.24, 2.45) is 11.7 Å². The summed E-state index contributed by atoms with van der Waals surface area (Å²) in [5.41, 5.74) is 13.6. The van der Waals surface area contributed by atoms with Gasteiger partial charge in [-0.2, -0.15) is 4.98 Å². The van der Waals surface area contributed by atoms with E-state index in [-0.39, 0.29) is 12.0 Å². The first-order valence-electron chi connectivity index (χ1n) is 11.0. The Morgan fingerprint density at radius 3 is 2.72 bits per heavy atom. The smallest absolute Gasteiger partial charge is 0.404 e. The number of amides is 1. The van der Waals surface area contributed by atoms with Gasteiger partial charge in [0.25, 0.3) is 0 Å². The molecule has 1 saturated heterocycles. The molecule has 3 aliphatic rings. The number of rotatable bonds is 5. The first-order valence-corrected chi connectivity index (χ1v) is 11.0. The average Bonchev–Trinajstić information content (AvgIpc) is 3.16. The van der Waals surface area contributed by atoms with E-state index in [1.165, 1.54) is 0 Å². The van der Waals surface area contributed by atoms with E-state index in [0.717, 1.165) is 55.0 Å². The molecule has 4 N–H and O–H groups in total. The highest BCUT2D eigenvalue weighted by atomic mass is 16.5. The van der Waals surface area contributed by atoms with Crippen molar-refractivity contribution in [3.8, 4) is 11.3 Å². The first kappa shape index (κ1) is 20.7. The number of hydrogen-bond acceptors (Lipinski definition) is 10. The van der Waals surface area contributed by atoms with Crippen LogP contribution in [0.4, 0.5) is 22.5 Å². The van der Waals surface area contributed by atoms with Gasteiger partial charge >= 0.3 is 6.09 Å². The fraction of sp³-hybridized carbons (Fsp3) is 0.571. The number of ether oxygens (including phenoxy) is 2. The monoisotopic (exact) mass is 440 g/mol. The minimum absolute atomic E-state index is 0.186. The van der Waals surface area contributed by atoms with E-state index >= 15 is 0 Å². The zero-order valence-electron chi connectivity index (χ0n) is 18.1. The molecule has 0 unspecified atom stereocenters. The number of morpholine rings is 1. The molecule has 0 aromatic carbocycles. The molecule has 2 aliphatic heterocycles. The van der Waals surface area contributed by atoms with Crippen molar-refractivity contribution in [2.75, 3.05) is 48.4 Å². The summed E-state index contributed by atoms with van der Waals surface area (Å²) < 4.78 is 10.6. The number of primary amides is 1. The summed E-state index contributed by atoms with van der Waals surface area (Å²) in [5.74, 6) is 2.25. The number of nitrogen functional groups attached to an aromatic ring is 1. The highest BCUT2D eigenvalue weighted by Crippen LogP contribution is 2.41. The molecule has 2 fully saturated rings. The molecule has 2 aromatic rings. The third-order valence-electron chi connectivity index (χ3n) is 6.53. The lowest BCUT2D eigenvalue weighted by Crippen LogP contribution is -2.47. The van der Waals surface area contributed by atoms with Gasteiger partial charge in [-0.1, -0.05) is 0 Å². The molecule has 11 nitrogen and oxygen atoms in total. The summed E-state index contributed by atoms with van der Waals surface area (Å²) in [7, 11) is 0. The predicted octanol–water partition coefficient (Wildman–Crippen LogP) is 0.977. The minimum atomic E-state index is -0.715. The zero-order valence-corrected chi connectivity index (χ0v) is 18.1. The van der Waals surface area contributed by atoms with Gasteiger partial charge < -0.3 is 30.7 Å². The molecule has 0 spiro atoms. The summed E-state index contributed by atoms with van der Waals surface area (Å²) >= 11 is 0. The van der Waals surface area contributed by atoms with Crippen molar-refractivity contribution in [2.45, 2.75) is 38.3 Å². The normalized spacial score (nSPS) is 24.7. The Kier molecular flexibility index (Phi) is 5.41. The Balaban J connectivity index is 1.46. The molecule has 0 radical (unpaired) electrons. The SMILES string of the molecule is C[C@H]1COCCN1c1nc(-c2cnc(N)nc2)c2c(n1)N([C@H]1C[C@H](COC(N)=O)C1)CC2. The molecule has 11 heteroatoms. The van der Waals surface area contributed by atoms with Crippen LogP contribution in [0, 0.1) is 5.92 Å². The van der Waals surface area contributed by atoms with E-state index in [4.69, 9.17) is 30.9 Å². The lowest BCUT2D eigenvalue weighted by molar-refractivity contribution is 0.0980. The van der Waals surface area contributed by atoms with Crippen LogP contribution < -0.4 is 21.3 Å². The highest BCUT2D eigenvalue weighted by molar-refractivity contribution is 5.73. The van der Waals surface area contributed by atoms with Gasteiger partial charge in [0.05, 0.1) is 31.6 Å². The third-order valence-corrected chi connectivity index (χ3v) is 6.53. The van der Waals surface area contributed by atoms with E-state index in [9.17, 15) is 4.79 Å². The third kappa shape index (κ3) is 3.88. The molecular formula is C21H28N8O3. The molecular weight excluding hydrogens is 412 g/mol. The van der Waals surface area contributed by atoms with Crippen LogP contribution in [0.1, 0.15) is 25.3 Å². The topological polar surface area (TPSA) is 146 Å². The van der Waals surface area contributed by atoms with Gasteiger partial charge in [0.15, 0.2) is 0 Å². The fourth-order valence-electron chi connectivity index (χ4n) is 4.76. The Morgan fingerprint density at radius 1 is 1.22 bits per heavy atom. The standard InChI is InChI=1S/C21H28N8O3/c1-12-10-31-5-4-28(12)21-26-17(14-8-24-19(22)25-9-14)16-2-3-29(18(16)27-21)15-6-13(7-15)11-32-20(23)30/h8-9,12-13,15H,2-7,10-11H2,1H3,(H2,23,30)(H2,22,24,25)/t12-,13-,15-/m0/s1. The molecule has 1 atom stereocenters. The number of anilines is 3. The fourth-order valence-corrected chi connectivity index (χ4v) is 4.76. The molecule has 1 aliphatic carbocycles. The number of nitrogens with zero attached hydrogens (tertiary/aromatic N) is 6. The number of carbonyl (C=O) groups is 1. The van der Waals surface area contributed by atoms with Gasteiger partial charge in [0.1, 0.15) is 5.82 Å². The summed E-state index contributed by atoms with van der Waals surface area (Å²) in [5, 5.41) is 0. The average molecular weight is 441 g/mol. The van der Waals surface area contributed by atoms with Crippen molar-refractivity contribution in [1.82, 2.24) is 19.9 Å². The Labute approximate surface area is 186 Å². The Morgan fingerprint density at radius 2 is 2.00 bits per heavy atom. The highest BCUT2D eigenvalue weighted by Gasteiger charge is 2.39. The van der Waals surface area contributed by atoms with E-state index < -0.39 is 6.09 Å². The molecule has 4 heterocycles. The van der Waals surface area contributed by atoms with Gasteiger partial charge in [-0.05, 0) is 32.1 Å². The number of fused-ring (bicyclic) bond motifs is 1. The lowest BCUT2D eigenvalue weighted by Gasteiger charge is -2.42. The second-order valence-corrected chi connectivity index (χ2v) is 8.69. The van der Waals surface area contributed by atoms with Crippen molar-refractivity contribution in [3.63, 3.8) is 0 Å². The second-order valence-electron chi connectivity index (χ2n) is 8.69. The minimum Gasteiger partial charge on any atom is -0.449 e. The maximum atomic E-state index is 10.9.